The van der Waals surface area contributed by atoms with Gasteiger partial charge in [-0.15, -0.1) is 0 Å². The summed E-state index contributed by atoms with van der Waals surface area (Å²) >= 11 is 0. The molecule has 0 aromatic heterocycles. The third kappa shape index (κ3) is 12.5. The Balaban J connectivity index is -0.000000135. The predicted molar refractivity (Wildman–Crippen MR) is 61.3 cm³/mol. The van der Waals surface area contributed by atoms with Gasteiger partial charge in [-0.3, -0.25) is 9.11 Å². The summed E-state index contributed by atoms with van der Waals surface area (Å²) in [7, 11) is -8.95. The molecule has 0 aliphatic carbocycles. The van der Waals surface area contributed by atoms with Gasteiger partial charge in [0.1, 0.15) is 10.5 Å². The number of aliphatic carboxylic acids is 2. The van der Waals surface area contributed by atoms with E-state index < -0.39 is 42.7 Å². The van der Waals surface area contributed by atoms with Gasteiger partial charge in [-0.1, -0.05) is 13.8 Å². The topological polar surface area (TPSA) is 189 Å². The average molecular weight is 348 g/mol. The van der Waals surface area contributed by atoms with Gasteiger partial charge in [0.15, 0.2) is 0 Å². The van der Waals surface area contributed by atoms with Gasteiger partial charge in [0, 0.05) is 0 Å². The molecule has 0 radical (unpaired) electrons. The van der Waals surface area contributed by atoms with Gasteiger partial charge in [-0.05, 0) is 12.8 Å². The van der Waals surface area contributed by atoms with Crippen LogP contribution in [-0.4, -0.2) is 48.4 Å². The monoisotopic (exact) mass is 348 g/mol. The Labute approximate surface area is 152 Å². The van der Waals surface area contributed by atoms with Crippen LogP contribution < -0.4 is 47.9 Å². The zero-order valence-electron chi connectivity index (χ0n) is 12.5. The van der Waals surface area contributed by atoms with Crippen molar-refractivity contribution in [1.82, 2.24) is 0 Å². The third-order valence-electron chi connectivity index (χ3n) is 1.99. The maximum absolute atomic E-state index is 10.1. The molecule has 0 saturated carbocycles. The van der Waals surface area contributed by atoms with Crippen LogP contribution in [-0.2, 0) is 29.8 Å². The van der Waals surface area contributed by atoms with Gasteiger partial charge in [-0.2, -0.15) is 16.8 Å². The van der Waals surface area contributed by atoms with E-state index in [0.717, 1.165) is 0 Å². The molecule has 0 aromatic carbocycles. The maximum Gasteiger partial charge on any atom is 1.00 e. The average Bonchev–Trinajstić information content (AvgIpc) is 2.13. The van der Waals surface area contributed by atoms with Gasteiger partial charge in [-0.25, -0.2) is 0 Å². The van der Waals surface area contributed by atoms with Crippen LogP contribution in [0.25, 0.3) is 0 Å². The molecule has 0 fully saturated rings. The van der Waals surface area contributed by atoms with E-state index >= 15 is 0 Å². The third-order valence-corrected chi connectivity index (χ3v) is 4.48. The van der Waals surface area contributed by atoms with Crippen LogP contribution in [0.15, 0.2) is 0 Å². The van der Waals surface area contributed by atoms with Gasteiger partial charge < -0.3 is 19.8 Å². The van der Waals surface area contributed by atoms with E-state index in [1.165, 1.54) is 13.8 Å². The molecule has 0 bridgehead atoms. The van der Waals surface area contributed by atoms with E-state index in [9.17, 15) is 36.6 Å². The molecular formula is C8H14Li2O10S2. The molecule has 0 aliphatic rings. The fourth-order valence-corrected chi connectivity index (χ4v) is 2.33. The summed E-state index contributed by atoms with van der Waals surface area (Å²) in [5.41, 5.74) is 0. The summed E-state index contributed by atoms with van der Waals surface area (Å²) in [6.45, 7) is 2.66. The number of carbonyl (C=O) groups is 2. The molecule has 0 spiro atoms. The number of hydrogen-bond donors (Lipinski definition) is 2. The normalized spacial score (nSPS) is 13.3. The van der Waals surface area contributed by atoms with E-state index in [1.807, 2.05) is 0 Å². The molecule has 22 heavy (non-hydrogen) atoms. The Morgan fingerprint density at radius 1 is 0.818 bits per heavy atom. The summed E-state index contributed by atoms with van der Waals surface area (Å²) in [4.78, 5) is 19.9. The Bertz CT molecular complexity index is 491. The number of carboxylic acids is 2. The summed E-state index contributed by atoms with van der Waals surface area (Å²) in [5, 5.41) is 16.3. The zero-order valence-corrected chi connectivity index (χ0v) is 14.2. The van der Waals surface area contributed by atoms with Crippen LogP contribution in [0.3, 0.4) is 0 Å². The number of rotatable bonds is 6. The van der Waals surface area contributed by atoms with E-state index in [4.69, 9.17) is 9.11 Å². The van der Waals surface area contributed by atoms with Gasteiger partial charge in [0.05, 0.1) is 11.9 Å². The van der Waals surface area contributed by atoms with Crippen LogP contribution in [0.2, 0.25) is 0 Å². The molecule has 0 aromatic rings. The molecule has 120 valence electrons. The molecule has 2 unspecified atom stereocenters. The van der Waals surface area contributed by atoms with Crippen molar-refractivity contribution in [1.29, 1.82) is 0 Å². The largest absolute Gasteiger partial charge is 1.00 e. The quantitative estimate of drug-likeness (QED) is 0.344. The molecule has 0 aliphatic heterocycles. The summed E-state index contributed by atoms with van der Waals surface area (Å²) in [5.74, 6) is -3.55. The number of carbonyl (C=O) groups excluding carboxylic acids is 2. The van der Waals surface area contributed by atoms with Crippen LogP contribution in [0.1, 0.15) is 26.7 Å². The molecule has 0 rings (SSSR count). The molecule has 10 nitrogen and oxygen atoms in total. The van der Waals surface area contributed by atoms with Crippen molar-refractivity contribution in [3.8, 4) is 0 Å². The first kappa shape index (κ1) is 29.9. The number of carboxylic acid groups (broad SMARTS) is 2. The second kappa shape index (κ2) is 12.4. The first-order chi connectivity index (χ1) is 8.78. The minimum atomic E-state index is -4.48. The molecule has 0 amide bonds. The molecular weight excluding hydrogens is 334 g/mol. The van der Waals surface area contributed by atoms with Crippen molar-refractivity contribution in [2.75, 3.05) is 0 Å². The fourth-order valence-electron chi connectivity index (χ4n) is 0.998. The smallest absolute Gasteiger partial charge is 0.549 e. The second-order valence-electron chi connectivity index (χ2n) is 3.46. The van der Waals surface area contributed by atoms with Crippen molar-refractivity contribution < 1.29 is 83.5 Å². The Morgan fingerprint density at radius 3 is 1.00 bits per heavy atom. The Morgan fingerprint density at radius 2 is 1.00 bits per heavy atom. The summed E-state index contributed by atoms with van der Waals surface area (Å²) in [6, 6.07) is 0. The van der Waals surface area contributed by atoms with Crippen molar-refractivity contribution in [2.24, 2.45) is 0 Å². The van der Waals surface area contributed by atoms with Crippen molar-refractivity contribution >= 4 is 32.2 Å². The van der Waals surface area contributed by atoms with E-state index in [-0.39, 0.29) is 50.6 Å². The minimum Gasteiger partial charge on any atom is -0.549 e. The molecule has 14 heteroatoms. The van der Waals surface area contributed by atoms with Crippen LogP contribution >= 0.6 is 0 Å². The molecule has 2 N–H and O–H groups in total. The van der Waals surface area contributed by atoms with E-state index in [1.54, 1.807) is 0 Å². The summed E-state index contributed by atoms with van der Waals surface area (Å²) in [6.07, 6.45) is -0.387. The fraction of sp³-hybridized carbons (Fsp3) is 0.750. The van der Waals surface area contributed by atoms with Crippen molar-refractivity contribution in [2.45, 2.75) is 37.2 Å². The van der Waals surface area contributed by atoms with Gasteiger partial charge >= 0.3 is 37.7 Å². The minimum absolute atomic E-state index is 0. The molecule has 0 saturated heterocycles. The number of hydrogen-bond acceptors (Lipinski definition) is 8. The standard InChI is InChI=1S/2C4H8O5S.2Li/c2*1-2-3(4(5)6)10(7,8)9;;/h2*3H,2H2,1H3,(H,5,6)(H,7,8,9);;/q;;2*+1/p-2. The van der Waals surface area contributed by atoms with Gasteiger partial charge in [0.2, 0.25) is 0 Å². The summed E-state index contributed by atoms with van der Waals surface area (Å²) < 4.78 is 57.0. The predicted octanol–water partition coefficient (Wildman–Crippen LogP) is -9.19. The van der Waals surface area contributed by atoms with Crippen molar-refractivity contribution in [3.05, 3.63) is 0 Å². The second-order valence-corrected chi connectivity index (χ2v) is 6.66. The first-order valence-electron chi connectivity index (χ1n) is 5.13. The Kier molecular flexibility index (Phi) is 16.8. The maximum atomic E-state index is 10.1. The van der Waals surface area contributed by atoms with E-state index in [2.05, 4.69) is 0 Å². The van der Waals surface area contributed by atoms with Crippen molar-refractivity contribution in [3.63, 3.8) is 0 Å². The molecule has 2 atom stereocenters. The van der Waals surface area contributed by atoms with Crippen LogP contribution in [0.4, 0.5) is 0 Å². The SMILES string of the molecule is CCC(C(=O)[O-])S(=O)(=O)O.CCC(C(=O)[O-])S(=O)(=O)O.[Li+].[Li+]. The van der Waals surface area contributed by atoms with Crippen LogP contribution in [0, 0.1) is 0 Å². The molecule has 0 heterocycles. The first-order valence-corrected chi connectivity index (χ1v) is 8.13. The Hall–Kier alpha value is -0.0452. The van der Waals surface area contributed by atoms with E-state index in [0.29, 0.717) is 0 Å². The van der Waals surface area contributed by atoms with Crippen LogP contribution in [0.5, 0.6) is 0 Å². The van der Waals surface area contributed by atoms with Gasteiger partial charge in [0.25, 0.3) is 20.2 Å². The zero-order chi connectivity index (χ0) is 16.7.